The molecule has 0 unspecified atom stereocenters. The molecule has 0 saturated carbocycles. The monoisotopic (exact) mass is 382 g/mol. The number of fused-ring (bicyclic) bond motifs is 3. The third-order valence-corrected chi connectivity index (χ3v) is 4.22. The van der Waals surface area contributed by atoms with Crippen molar-refractivity contribution in [3.05, 3.63) is 53.6 Å². The fourth-order valence-corrected chi connectivity index (χ4v) is 2.95. The highest BCUT2D eigenvalue weighted by Crippen LogP contribution is 2.41. The summed E-state index contributed by atoms with van der Waals surface area (Å²) in [5.41, 5.74) is 7.05. The lowest BCUT2D eigenvalue weighted by molar-refractivity contribution is 0.483. The molecule has 0 bridgehead atoms. The van der Waals surface area contributed by atoms with Crippen LogP contribution in [0.3, 0.4) is 0 Å². The number of phenolic OH excluding ortho intramolecular Hbond substituents is 1. The predicted molar refractivity (Wildman–Crippen MR) is 104 cm³/mol. The van der Waals surface area contributed by atoms with E-state index < -0.39 is 0 Å². The lowest BCUT2D eigenvalue weighted by atomic mass is 10.1. The van der Waals surface area contributed by atoms with Gasteiger partial charge in [0, 0.05) is 10.8 Å². The zero-order chi connectivity index (χ0) is 18.3. The summed E-state index contributed by atoms with van der Waals surface area (Å²) >= 11 is 11.0. The topological polar surface area (TPSA) is 102 Å². The van der Waals surface area contributed by atoms with E-state index in [1.807, 2.05) is 24.3 Å². The van der Waals surface area contributed by atoms with Crippen molar-refractivity contribution in [2.24, 2.45) is 16.0 Å². The summed E-state index contributed by atoms with van der Waals surface area (Å²) in [5, 5.41) is 29.0. The van der Waals surface area contributed by atoms with Crippen molar-refractivity contribution in [1.82, 2.24) is 15.0 Å². The zero-order valence-corrected chi connectivity index (χ0v) is 14.7. The van der Waals surface area contributed by atoms with Gasteiger partial charge in [0.15, 0.2) is 11.4 Å². The van der Waals surface area contributed by atoms with Crippen LogP contribution < -0.4 is 5.73 Å². The summed E-state index contributed by atoms with van der Waals surface area (Å²) in [5.74, 6) is -0.0701. The van der Waals surface area contributed by atoms with E-state index in [-0.39, 0.29) is 16.5 Å². The fourth-order valence-electron chi connectivity index (χ4n) is 2.70. The van der Waals surface area contributed by atoms with Crippen LogP contribution in [0.5, 0.6) is 5.75 Å². The fraction of sp³-hybridized carbons (Fsp3) is 0. The van der Waals surface area contributed by atoms with E-state index in [0.717, 1.165) is 5.39 Å². The molecule has 3 aromatic carbocycles. The standard InChI is InChI=1S/C17H11ClN6OS/c18-11-7-3-4-8-12(11)24-22-13-9-5-1-2-6-10(9)16(25)15(14(13)23-24)20-21-17(19)26/h1-8,25H,(H2,19,26). The Balaban J connectivity index is 2.10. The Bertz CT molecular complexity index is 1200. The number of halogens is 1. The number of hydrogen-bond donors (Lipinski definition) is 2. The molecule has 1 heterocycles. The highest BCUT2D eigenvalue weighted by atomic mass is 35.5. The molecule has 0 spiro atoms. The number of benzene rings is 3. The average Bonchev–Trinajstić information content (AvgIpc) is 3.07. The van der Waals surface area contributed by atoms with Crippen molar-refractivity contribution < 1.29 is 5.11 Å². The van der Waals surface area contributed by atoms with Gasteiger partial charge in [-0.15, -0.1) is 25.2 Å². The molecular weight excluding hydrogens is 372 g/mol. The van der Waals surface area contributed by atoms with Crippen LogP contribution in [0.2, 0.25) is 5.02 Å². The SMILES string of the molecule is NC(=S)N=Nc1c(O)c2ccccc2c2nn(-c3ccccc3Cl)nc12. The van der Waals surface area contributed by atoms with E-state index in [1.165, 1.54) is 4.80 Å². The van der Waals surface area contributed by atoms with Crippen molar-refractivity contribution in [3.8, 4) is 11.4 Å². The van der Waals surface area contributed by atoms with Gasteiger partial charge >= 0.3 is 0 Å². The van der Waals surface area contributed by atoms with Gasteiger partial charge in [0.25, 0.3) is 0 Å². The molecule has 3 N–H and O–H groups in total. The van der Waals surface area contributed by atoms with E-state index in [4.69, 9.17) is 29.6 Å². The first-order valence-corrected chi connectivity index (χ1v) is 8.31. The number of rotatable bonds is 2. The molecule has 0 aliphatic carbocycles. The zero-order valence-electron chi connectivity index (χ0n) is 13.2. The number of aromatic hydroxyl groups is 1. The Kier molecular flexibility index (Phi) is 3.98. The van der Waals surface area contributed by atoms with Gasteiger partial charge in [-0.3, -0.25) is 0 Å². The first kappa shape index (κ1) is 16.4. The maximum Gasteiger partial charge on any atom is 0.211 e. The lowest BCUT2D eigenvalue weighted by Gasteiger charge is -2.04. The lowest BCUT2D eigenvalue weighted by Crippen LogP contribution is -2.01. The van der Waals surface area contributed by atoms with Gasteiger partial charge in [0.1, 0.15) is 16.7 Å². The smallest absolute Gasteiger partial charge is 0.211 e. The third kappa shape index (κ3) is 2.65. The molecule has 4 aromatic rings. The van der Waals surface area contributed by atoms with Gasteiger partial charge in [0.05, 0.1) is 5.02 Å². The number of nitrogens with two attached hydrogens (primary N) is 1. The number of para-hydroxylation sites is 1. The molecule has 0 saturated heterocycles. The average molecular weight is 383 g/mol. The van der Waals surface area contributed by atoms with Crippen molar-refractivity contribution in [2.45, 2.75) is 0 Å². The summed E-state index contributed by atoms with van der Waals surface area (Å²) in [6.07, 6.45) is 0. The molecule has 0 atom stereocenters. The third-order valence-electron chi connectivity index (χ3n) is 3.82. The van der Waals surface area contributed by atoms with Crippen LogP contribution in [-0.2, 0) is 0 Å². The second-order valence-corrected chi connectivity index (χ2v) is 6.24. The number of aromatic nitrogens is 3. The van der Waals surface area contributed by atoms with Crippen LogP contribution in [0.15, 0.2) is 58.8 Å². The molecule has 1 aromatic heterocycles. The van der Waals surface area contributed by atoms with Crippen LogP contribution in [0.4, 0.5) is 5.69 Å². The summed E-state index contributed by atoms with van der Waals surface area (Å²) in [4.78, 5) is 1.40. The number of nitrogens with zero attached hydrogens (tertiary/aromatic N) is 5. The summed E-state index contributed by atoms with van der Waals surface area (Å²) in [7, 11) is 0. The number of phenols is 1. The van der Waals surface area contributed by atoms with Crippen molar-refractivity contribution >= 4 is 56.4 Å². The van der Waals surface area contributed by atoms with Gasteiger partial charge in [-0.25, -0.2) is 0 Å². The minimum atomic E-state index is -0.149. The molecule has 0 aliphatic heterocycles. The maximum atomic E-state index is 10.7. The second-order valence-electron chi connectivity index (χ2n) is 5.42. The molecule has 0 fully saturated rings. The molecular formula is C17H11ClN6OS. The van der Waals surface area contributed by atoms with Gasteiger partial charge < -0.3 is 10.8 Å². The Hall–Kier alpha value is -3.10. The first-order chi connectivity index (χ1) is 12.6. The Morgan fingerprint density at radius 2 is 1.69 bits per heavy atom. The van der Waals surface area contributed by atoms with Crippen LogP contribution in [0.1, 0.15) is 0 Å². The normalized spacial score (nSPS) is 11.6. The van der Waals surface area contributed by atoms with Gasteiger partial charge in [-0.05, 0) is 24.4 Å². The Morgan fingerprint density at radius 1 is 1.04 bits per heavy atom. The molecule has 0 amide bonds. The molecule has 26 heavy (non-hydrogen) atoms. The van der Waals surface area contributed by atoms with Crippen molar-refractivity contribution in [3.63, 3.8) is 0 Å². The summed E-state index contributed by atoms with van der Waals surface area (Å²) in [6.45, 7) is 0. The quantitative estimate of drug-likeness (QED) is 0.398. The molecule has 4 rings (SSSR count). The molecule has 0 aliphatic rings. The Labute approximate surface area is 157 Å². The highest BCUT2D eigenvalue weighted by molar-refractivity contribution is 7.80. The number of thiocarbonyl (C=S) groups is 1. The summed E-state index contributed by atoms with van der Waals surface area (Å²) < 4.78 is 0. The minimum absolute atomic E-state index is 0.0701. The van der Waals surface area contributed by atoms with Gasteiger partial charge in [0.2, 0.25) is 5.11 Å². The van der Waals surface area contributed by atoms with Crippen LogP contribution >= 0.6 is 23.8 Å². The van der Waals surface area contributed by atoms with Gasteiger partial charge in [-0.2, -0.15) is 0 Å². The van der Waals surface area contributed by atoms with E-state index in [0.29, 0.717) is 27.1 Å². The van der Waals surface area contributed by atoms with Crippen molar-refractivity contribution in [1.29, 1.82) is 0 Å². The van der Waals surface area contributed by atoms with E-state index >= 15 is 0 Å². The molecule has 128 valence electrons. The van der Waals surface area contributed by atoms with Crippen LogP contribution in [0.25, 0.3) is 27.5 Å². The molecule has 0 radical (unpaired) electrons. The molecule has 7 nitrogen and oxygen atoms in total. The van der Waals surface area contributed by atoms with E-state index in [9.17, 15) is 5.11 Å². The Morgan fingerprint density at radius 3 is 2.42 bits per heavy atom. The molecule has 9 heteroatoms. The second kappa shape index (κ2) is 6.32. The number of azo groups is 1. The maximum absolute atomic E-state index is 10.7. The van der Waals surface area contributed by atoms with E-state index in [1.54, 1.807) is 24.3 Å². The van der Waals surface area contributed by atoms with Crippen LogP contribution in [-0.4, -0.2) is 25.2 Å². The largest absolute Gasteiger partial charge is 0.505 e. The predicted octanol–water partition coefficient (Wildman–Crippen LogP) is 4.26. The van der Waals surface area contributed by atoms with Crippen molar-refractivity contribution in [2.75, 3.05) is 0 Å². The minimum Gasteiger partial charge on any atom is -0.505 e. The first-order valence-electron chi connectivity index (χ1n) is 7.53. The summed E-state index contributed by atoms with van der Waals surface area (Å²) in [6, 6.07) is 14.5. The van der Waals surface area contributed by atoms with E-state index in [2.05, 4.69) is 20.4 Å². The van der Waals surface area contributed by atoms with Crippen LogP contribution in [0, 0.1) is 0 Å². The highest BCUT2D eigenvalue weighted by Gasteiger charge is 2.19. The van der Waals surface area contributed by atoms with Gasteiger partial charge in [-0.1, -0.05) is 48.0 Å². The number of hydrogen-bond acceptors (Lipinski definition) is 5.